The number of hydrogen-bond donors (Lipinski definition) is 2. The van der Waals surface area contributed by atoms with Gasteiger partial charge in [-0.25, -0.2) is 0 Å². The van der Waals surface area contributed by atoms with Gasteiger partial charge >= 0.3 is 6.18 Å². The molecule has 3 N–H and O–H groups in total. The van der Waals surface area contributed by atoms with Crippen LogP contribution in [0.25, 0.3) is 10.8 Å². The first-order valence-electron chi connectivity index (χ1n) is 5.87. The average Bonchev–Trinajstić information content (AvgIpc) is 2.36. The summed E-state index contributed by atoms with van der Waals surface area (Å²) in [5.41, 5.74) is 5.52. The summed E-state index contributed by atoms with van der Waals surface area (Å²) in [4.78, 5) is 0. The number of aliphatic hydroxyl groups is 1. The number of fused-ring (bicyclic) bond motifs is 1. The first kappa shape index (κ1) is 16.8. The van der Waals surface area contributed by atoms with E-state index in [4.69, 9.17) is 5.73 Å². The fraction of sp³-hybridized carbons (Fsp3) is 0.286. The molecule has 110 valence electrons. The van der Waals surface area contributed by atoms with Crippen molar-refractivity contribution in [1.82, 2.24) is 0 Å². The van der Waals surface area contributed by atoms with Gasteiger partial charge in [-0.2, -0.15) is 13.2 Å². The van der Waals surface area contributed by atoms with Crippen LogP contribution in [0.4, 0.5) is 13.2 Å². The molecule has 2 rings (SSSR count). The van der Waals surface area contributed by atoms with Gasteiger partial charge in [-0.1, -0.05) is 42.5 Å². The van der Waals surface area contributed by atoms with Gasteiger partial charge in [0.2, 0.25) is 0 Å². The molecule has 0 aliphatic heterocycles. The third-order valence-corrected chi connectivity index (χ3v) is 3.08. The quantitative estimate of drug-likeness (QED) is 0.910. The minimum atomic E-state index is -4.49. The molecule has 2 atom stereocenters. The van der Waals surface area contributed by atoms with Gasteiger partial charge < -0.3 is 10.8 Å². The molecule has 2 aromatic rings. The van der Waals surface area contributed by atoms with E-state index in [-0.39, 0.29) is 12.4 Å². The van der Waals surface area contributed by atoms with Gasteiger partial charge in [0.15, 0.2) is 0 Å². The highest BCUT2D eigenvalue weighted by Crippen LogP contribution is 2.30. The van der Waals surface area contributed by atoms with Crippen LogP contribution in [0.1, 0.15) is 18.1 Å². The first-order chi connectivity index (χ1) is 8.89. The van der Waals surface area contributed by atoms with Gasteiger partial charge in [0.05, 0.1) is 6.10 Å². The molecule has 2 aromatic carbocycles. The van der Waals surface area contributed by atoms with Crippen LogP contribution in [0.15, 0.2) is 42.5 Å². The molecule has 6 heteroatoms. The lowest BCUT2D eigenvalue weighted by molar-refractivity contribution is -0.153. The highest BCUT2D eigenvalue weighted by atomic mass is 35.5. The van der Waals surface area contributed by atoms with Crippen molar-refractivity contribution in [3.63, 3.8) is 0 Å². The van der Waals surface area contributed by atoms with Crippen molar-refractivity contribution in [3.8, 4) is 0 Å². The summed E-state index contributed by atoms with van der Waals surface area (Å²) < 4.78 is 37.2. The van der Waals surface area contributed by atoms with Crippen molar-refractivity contribution in [2.24, 2.45) is 5.73 Å². The number of alkyl halides is 3. The lowest BCUT2D eigenvalue weighted by Gasteiger charge is -2.20. The van der Waals surface area contributed by atoms with Crippen molar-refractivity contribution in [3.05, 3.63) is 48.0 Å². The largest absolute Gasteiger partial charge is 0.403 e. The minimum absolute atomic E-state index is 0. The van der Waals surface area contributed by atoms with E-state index in [1.165, 1.54) is 0 Å². The predicted molar refractivity (Wildman–Crippen MR) is 74.8 cm³/mol. The van der Waals surface area contributed by atoms with Crippen LogP contribution < -0.4 is 5.73 Å². The zero-order valence-electron chi connectivity index (χ0n) is 10.5. The van der Waals surface area contributed by atoms with E-state index in [2.05, 4.69) is 0 Å². The van der Waals surface area contributed by atoms with E-state index in [1.807, 2.05) is 18.2 Å². The van der Waals surface area contributed by atoms with Gasteiger partial charge in [0, 0.05) is 6.42 Å². The molecule has 0 aliphatic carbocycles. The molecule has 2 nitrogen and oxygen atoms in total. The fourth-order valence-corrected chi connectivity index (χ4v) is 2.04. The Bertz CT molecular complexity index is 568. The summed E-state index contributed by atoms with van der Waals surface area (Å²) in [5, 5.41) is 11.6. The van der Waals surface area contributed by atoms with Gasteiger partial charge in [0.25, 0.3) is 0 Å². The molecule has 0 saturated heterocycles. The number of aliphatic hydroxyl groups excluding tert-OH is 1. The average molecular weight is 306 g/mol. The Morgan fingerprint density at radius 3 is 2.30 bits per heavy atom. The van der Waals surface area contributed by atoms with Gasteiger partial charge in [0.1, 0.15) is 6.04 Å². The molecule has 0 fully saturated rings. The maximum absolute atomic E-state index is 12.4. The van der Waals surface area contributed by atoms with Crippen LogP contribution in [-0.4, -0.2) is 17.3 Å². The molecule has 0 saturated carbocycles. The van der Waals surface area contributed by atoms with E-state index in [0.717, 1.165) is 10.8 Å². The van der Waals surface area contributed by atoms with Gasteiger partial charge in [-0.15, -0.1) is 12.4 Å². The third kappa shape index (κ3) is 3.62. The van der Waals surface area contributed by atoms with Crippen molar-refractivity contribution < 1.29 is 18.3 Å². The molecule has 0 amide bonds. The number of hydrogen-bond acceptors (Lipinski definition) is 2. The molecule has 0 bridgehead atoms. The Hall–Kier alpha value is -1.30. The fourth-order valence-electron chi connectivity index (χ4n) is 2.04. The Balaban J connectivity index is 0.00000200. The Labute approximate surface area is 120 Å². The smallest absolute Gasteiger partial charge is 0.388 e. The van der Waals surface area contributed by atoms with Crippen molar-refractivity contribution in [2.45, 2.75) is 24.7 Å². The predicted octanol–water partition coefficient (Wildman–Crippen LogP) is 3.57. The number of nitrogens with two attached hydrogens (primary N) is 1. The van der Waals surface area contributed by atoms with Gasteiger partial charge in [-0.3, -0.25) is 0 Å². The second-order valence-electron chi connectivity index (χ2n) is 4.47. The second kappa shape index (κ2) is 6.43. The summed E-state index contributed by atoms with van der Waals surface area (Å²) in [6, 6.07) is 10.4. The summed E-state index contributed by atoms with van der Waals surface area (Å²) in [7, 11) is 0. The topological polar surface area (TPSA) is 46.2 Å². The lowest BCUT2D eigenvalue weighted by Crippen LogP contribution is -2.38. The SMILES string of the molecule is Cl.N[C@H](C[C@@H](O)c1cccc2ccccc12)C(F)(F)F. The molecular formula is C14H15ClF3NO. The van der Waals surface area contributed by atoms with E-state index >= 15 is 0 Å². The number of rotatable bonds is 3. The van der Waals surface area contributed by atoms with Crippen LogP contribution in [0.5, 0.6) is 0 Å². The Kier molecular flexibility index (Phi) is 5.39. The standard InChI is InChI=1S/C14H14F3NO.ClH/c15-14(16,17)13(18)8-12(19)11-7-3-5-9-4-1-2-6-10(9)11;/h1-7,12-13,19H,8,18H2;1H/t12-,13-;/m1./s1. The maximum Gasteiger partial charge on any atom is 0.403 e. The molecular weight excluding hydrogens is 291 g/mol. The first-order valence-corrected chi connectivity index (χ1v) is 5.87. The molecule has 0 aliphatic rings. The van der Waals surface area contributed by atoms with Crippen LogP contribution in [-0.2, 0) is 0 Å². The Morgan fingerprint density at radius 1 is 1.05 bits per heavy atom. The normalized spacial score (nSPS) is 14.7. The number of benzene rings is 2. The maximum atomic E-state index is 12.4. The summed E-state index contributed by atoms with van der Waals surface area (Å²) in [6.45, 7) is 0. The highest BCUT2D eigenvalue weighted by molar-refractivity contribution is 5.86. The Morgan fingerprint density at radius 2 is 1.65 bits per heavy atom. The van der Waals surface area contributed by atoms with Crippen molar-refractivity contribution in [1.29, 1.82) is 0 Å². The number of halogens is 4. The van der Waals surface area contributed by atoms with Crippen LogP contribution in [0.3, 0.4) is 0 Å². The molecule has 0 spiro atoms. The van der Waals surface area contributed by atoms with Crippen molar-refractivity contribution >= 4 is 23.2 Å². The lowest BCUT2D eigenvalue weighted by atomic mass is 9.96. The summed E-state index contributed by atoms with van der Waals surface area (Å²) in [5.74, 6) is 0. The second-order valence-corrected chi connectivity index (χ2v) is 4.47. The van der Waals surface area contributed by atoms with E-state index in [1.54, 1.807) is 24.3 Å². The van der Waals surface area contributed by atoms with Crippen LogP contribution in [0, 0.1) is 0 Å². The van der Waals surface area contributed by atoms with Gasteiger partial charge in [-0.05, 0) is 16.3 Å². The molecule has 0 aromatic heterocycles. The van der Waals surface area contributed by atoms with E-state index in [9.17, 15) is 18.3 Å². The van der Waals surface area contributed by atoms with Crippen molar-refractivity contribution in [2.75, 3.05) is 0 Å². The summed E-state index contributed by atoms with van der Waals surface area (Å²) in [6.07, 6.45) is -6.27. The molecule has 0 radical (unpaired) electrons. The van der Waals surface area contributed by atoms with Crippen LogP contribution in [0.2, 0.25) is 0 Å². The third-order valence-electron chi connectivity index (χ3n) is 3.08. The molecule has 0 heterocycles. The monoisotopic (exact) mass is 305 g/mol. The zero-order chi connectivity index (χ0) is 14.0. The minimum Gasteiger partial charge on any atom is -0.388 e. The van der Waals surface area contributed by atoms with E-state index < -0.39 is 24.7 Å². The summed E-state index contributed by atoms with van der Waals surface area (Å²) >= 11 is 0. The molecule has 20 heavy (non-hydrogen) atoms. The van der Waals surface area contributed by atoms with Crippen LogP contribution >= 0.6 is 12.4 Å². The highest BCUT2D eigenvalue weighted by Gasteiger charge is 2.38. The van der Waals surface area contributed by atoms with E-state index in [0.29, 0.717) is 5.56 Å². The molecule has 0 unspecified atom stereocenters. The zero-order valence-corrected chi connectivity index (χ0v) is 11.3.